The second kappa shape index (κ2) is 6.39. The number of hydrogen-bond donors (Lipinski definition) is 1. The molecule has 1 unspecified atom stereocenters. The van der Waals surface area contributed by atoms with Gasteiger partial charge in [-0.2, -0.15) is 0 Å². The summed E-state index contributed by atoms with van der Waals surface area (Å²) in [6.45, 7) is 6.57. The maximum absolute atomic E-state index is 6.20. The van der Waals surface area contributed by atoms with E-state index in [4.69, 9.17) is 11.6 Å². The SMILES string of the molecule is CCCC1CN(Cc2ccccc2Cl)CCN1. The molecular formula is C14H21ClN2. The molecule has 0 spiro atoms. The van der Waals surface area contributed by atoms with Gasteiger partial charge in [0.25, 0.3) is 0 Å². The topological polar surface area (TPSA) is 15.3 Å². The number of benzene rings is 1. The van der Waals surface area contributed by atoms with Crippen LogP contribution in [0.3, 0.4) is 0 Å². The van der Waals surface area contributed by atoms with Crippen molar-refractivity contribution in [2.45, 2.75) is 32.4 Å². The monoisotopic (exact) mass is 252 g/mol. The Morgan fingerprint density at radius 3 is 3.00 bits per heavy atom. The van der Waals surface area contributed by atoms with Crippen LogP contribution in [-0.2, 0) is 6.54 Å². The first-order chi connectivity index (χ1) is 8.29. The van der Waals surface area contributed by atoms with E-state index in [9.17, 15) is 0 Å². The van der Waals surface area contributed by atoms with Crippen LogP contribution in [0.4, 0.5) is 0 Å². The zero-order valence-corrected chi connectivity index (χ0v) is 11.2. The zero-order chi connectivity index (χ0) is 12.1. The van der Waals surface area contributed by atoms with Gasteiger partial charge in [-0.05, 0) is 18.1 Å². The lowest BCUT2D eigenvalue weighted by atomic mass is 10.1. The molecule has 0 aliphatic carbocycles. The fourth-order valence-electron chi connectivity index (χ4n) is 2.45. The molecule has 0 aromatic heterocycles. The normalized spacial score (nSPS) is 21.6. The number of nitrogens with one attached hydrogen (secondary N) is 1. The van der Waals surface area contributed by atoms with Gasteiger partial charge in [0.2, 0.25) is 0 Å². The molecule has 1 N–H and O–H groups in total. The summed E-state index contributed by atoms with van der Waals surface area (Å²) in [5.41, 5.74) is 1.24. The Kier molecular flexibility index (Phi) is 4.84. The minimum Gasteiger partial charge on any atom is -0.311 e. The van der Waals surface area contributed by atoms with Crippen molar-refractivity contribution in [2.75, 3.05) is 19.6 Å². The third kappa shape index (κ3) is 3.70. The van der Waals surface area contributed by atoms with Crippen LogP contribution in [0.25, 0.3) is 0 Å². The van der Waals surface area contributed by atoms with Gasteiger partial charge in [0.05, 0.1) is 0 Å². The fourth-order valence-corrected chi connectivity index (χ4v) is 2.64. The Bertz CT molecular complexity index is 352. The third-order valence-electron chi connectivity index (χ3n) is 3.33. The third-order valence-corrected chi connectivity index (χ3v) is 3.70. The van der Waals surface area contributed by atoms with Gasteiger partial charge in [-0.15, -0.1) is 0 Å². The highest BCUT2D eigenvalue weighted by Crippen LogP contribution is 2.18. The number of rotatable bonds is 4. The maximum atomic E-state index is 6.20. The van der Waals surface area contributed by atoms with Crippen LogP contribution in [0.1, 0.15) is 25.3 Å². The minimum atomic E-state index is 0.649. The predicted octanol–water partition coefficient (Wildman–Crippen LogP) is 2.91. The molecule has 1 saturated heterocycles. The second-order valence-electron chi connectivity index (χ2n) is 4.77. The molecule has 0 bridgehead atoms. The Morgan fingerprint density at radius 2 is 2.24 bits per heavy atom. The van der Waals surface area contributed by atoms with Gasteiger partial charge in [-0.25, -0.2) is 0 Å². The summed E-state index contributed by atoms with van der Waals surface area (Å²) in [5.74, 6) is 0. The van der Waals surface area contributed by atoms with E-state index < -0.39 is 0 Å². The van der Waals surface area contributed by atoms with Crippen LogP contribution in [0, 0.1) is 0 Å². The number of piperazine rings is 1. The average Bonchev–Trinajstić information content (AvgIpc) is 2.33. The number of halogens is 1. The molecule has 1 fully saturated rings. The molecule has 3 heteroatoms. The van der Waals surface area contributed by atoms with Gasteiger partial charge in [0.1, 0.15) is 0 Å². The Labute approximate surface area is 109 Å². The molecule has 1 aliphatic rings. The summed E-state index contributed by atoms with van der Waals surface area (Å²) in [6, 6.07) is 8.80. The summed E-state index contributed by atoms with van der Waals surface area (Å²) in [5, 5.41) is 4.46. The van der Waals surface area contributed by atoms with E-state index in [-0.39, 0.29) is 0 Å². The van der Waals surface area contributed by atoms with Gasteiger partial charge < -0.3 is 5.32 Å². The van der Waals surface area contributed by atoms with Crippen LogP contribution in [-0.4, -0.2) is 30.6 Å². The van der Waals surface area contributed by atoms with Gasteiger partial charge in [-0.3, -0.25) is 4.90 Å². The summed E-state index contributed by atoms with van der Waals surface area (Å²) in [6.07, 6.45) is 2.51. The van der Waals surface area contributed by atoms with Crippen molar-refractivity contribution in [1.82, 2.24) is 10.2 Å². The van der Waals surface area contributed by atoms with Crippen molar-refractivity contribution < 1.29 is 0 Å². The summed E-state index contributed by atoms with van der Waals surface area (Å²) < 4.78 is 0. The molecule has 1 aliphatic heterocycles. The van der Waals surface area contributed by atoms with Crippen LogP contribution < -0.4 is 5.32 Å². The molecule has 0 radical (unpaired) electrons. The van der Waals surface area contributed by atoms with Crippen molar-refractivity contribution in [3.63, 3.8) is 0 Å². The highest BCUT2D eigenvalue weighted by Gasteiger charge is 2.18. The average molecular weight is 253 g/mol. The van der Waals surface area contributed by atoms with Gasteiger partial charge in [0.15, 0.2) is 0 Å². The molecule has 0 saturated carbocycles. The van der Waals surface area contributed by atoms with Crippen LogP contribution >= 0.6 is 11.6 Å². The number of hydrogen-bond acceptors (Lipinski definition) is 2. The van der Waals surface area contributed by atoms with Crippen molar-refractivity contribution in [3.8, 4) is 0 Å². The molecule has 1 aromatic carbocycles. The molecule has 1 aromatic rings. The molecule has 1 heterocycles. The van der Waals surface area contributed by atoms with Gasteiger partial charge in [0, 0.05) is 37.2 Å². The Balaban J connectivity index is 1.92. The highest BCUT2D eigenvalue weighted by atomic mass is 35.5. The predicted molar refractivity (Wildman–Crippen MR) is 73.4 cm³/mol. The van der Waals surface area contributed by atoms with Crippen LogP contribution in [0.5, 0.6) is 0 Å². The lowest BCUT2D eigenvalue weighted by Crippen LogP contribution is -2.50. The largest absolute Gasteiger partial charge is 0.311 e. The Hall–Kier alpha value is -0.570. The Morgan fingerprint density at radius 1 is 1.41 bits per heavy atom. The quantitative estimate of drug-likeness (QED) is 0.887. The first-order valence-electron chi connectivity index (χ1n) is 6.48. The number of nitrogens with zero attached hydrogens (tertiary/aromatic N) is 1. The molecular weight excluding hydrogens is 232 g/mol. The standard InChI is InChI=1S/C14H21ClN2/c1-2-5-13-11-17(9-8-16-13)10-12-6-3-4-7-14(12)15/h3-4,6-7,13,16H,2,5,8-11H2,1H3. The highest BCUT2D eigenvalue weighted by molar-refractivity contribution is 6.31. The lowest BCUT2D eigenvalue weighted by molar-refractivity contribution is 0.187. The van der Waals surface area contributed by atoms with E-state index in [1.54, 1.807) is 0 Å². The second-order valence-corrected chi connectivity index (χ2v) is 5.17. The van der Waals surface area contributed by atoms with E-state index in [2.05, 4.69) is 29.3 Å². The van der Waals surface area contributed by atoms with E-state index in [0.29, 0.717) is 6.04 Å². The van der Waals surface area contributed by atoms with E-state index in [0.717, 1.165) is 31.2 Å². The molecule has 2 nitrogen and oxygen atoms in total. The molecule has 1 atom stereocenters. The zero-order valence-electron chi connectivity index (χ0n) is 10.5. The summed E-state index contributed by atoms with van der Waals surface area (Å²) in [7, 11) is 0. The van der Waals surface area contributed by atoms with Crippen molar-refractivity contribution in [1.29, 1.82) is 0 Å². The lowest BCUT2D eigenvalue weighted by Gasteiger charge is -2.33. The smallest absolute Gasteiger partial charge is 0.0451 e. The van der Waals surface area contributed by atoms with E-state index in [1.165, 1.54) is 18.4 Å². The fraction of sp³-hybridized carbons (Fsp3) is 0.571. The first-order valence-corrected chi connectivity index (χ1v) is 6.86. The first kappa shape index (κ1) is 12.9. The van der Waals surface area contributed by atoms with Crippen LogP contribution in [0.15, 0.2) is 24.3 Å². The van der Waals surface area contributed by atoms with Crippen LogP contribution in [0.2, 0.25) is 5.02 Å². The molecule has 94 valence electrons. The van der Waals surface area contributed by atoms with E-state index >= 15 is 0 Å². The maximum Gasteiger partial charge on any atom is 0.0451 e. The van der Waals surface area contributed by atoms with Gasteiger partial charge >= 0.3 is 0 Å². The van der Waals surface area contributed by atoms with Gasteiger partial charge in [-0.1, -0.05) is 43.1 Å². The molecule has 2 rings (SSSR count). The van der Waals surface area contributed by atoms with Crippen molar-refractivity contribution in [3.05, 3.63) is 34.9 Å². The minimum absolute atomic E-state index is 0.649. The van der Waals surface area contributed by atoms with Crippen molar-refractivity contribution >= 4 is 11.6 Å². The summed E-state index contributed by atoms with van der Waals surface area (Å²) >= 11 is 6.20. The molecule has 0 amide bonds. The van der Waals surface area contributed by atoms with Crippen molar-refractivity contribution in [2.24, 2.45) is 0 Å². The van der Waals surface area contributed by atoms with E-state index in [1.807, 2.05) is 12.1 Å². The summed E-state index contributed by atoms with van der Waals surface area (Å²) in [4.78, 5) is 2.50. The molecule has 17 heavy (non-hydrogen) atoms.